The lowest BCUT2D eigenvalue weighted by molar-refractivity contribution is -0.150. The summed E-state index contributed by atoms with van der Waals surface area (Å²) in [4.78, 5) is 29.6. The number of hydrogen-bond acceptors (Lipinski definition) is 3. The van der Waals surface area contributed by atoms with E-state index in [9.17, 15) is 18.4 Å². The molecular weight excluding hydrogens is 370 g/mol. The summed E-state index contributed by atoms with van der Waals surface area (Å²) in [6.07, 6.45) is 0.0883. The van der Waals surface area contributed by atoms with Crippen LogP contribution in [0, 0.1) is 24.7 Å². The molecule has 0 bridgehead atoms. The highest BCUT2D eigenvalue weighted by molar-refractivity contribution is 7.12. The van der Waals surface area contributed by atoms with Gasteiger partial charge in [0.2, 0.25) is 17.7 Å². The molecule has 150 valence electrons. The van der Waals surface area contributed by atoms with Gasteiger partial charge in [0, 0.05) is 41.6 Å². The fourth-order valence-electron chi connectivity index (χ4n) is 4.14. The van der Waals surface area contributed by atoms with Gasteiger partial charge in [-0.3, -0.25) is 9.59 Å². The van der Waals surface area contributed by atoms with Gasteiger partial charge >= 0.3 is 0 Å². The Bertz CT molecular complexity index is 724. The molecular formula is C20H28F2N2O2S. The fraction of sp³-hybridized carbons (Fsp3) is 0.700. The third-order valence-corrected chi connectivity index (χ3v) is 6.70. The van der Waals surface area contributed by atoms with Crippen molar-refractivity contribution in [2.24, 2.45) is 17.8 Å². The highest BCUT2D eigenvalue weighted by Gasteiger charge is 2.48. The minimum Gasteiger partial charge on any atom is -0.355 e. The van der Waals surface area contributed by atoms with E-state index in [2.05, 4.69) is 32.2 Å². The molecule has 2 amide bonds. The van der Waals surface area contributed by atoms with Gasteiger partial charge < -0.3 is 10.2 Å². The smallest absolute Gasteiger partial charge is 0.249 e. The Hall–Kier alpha value is -1.50. The van der Waals surface area contributed by atoms with Gasteiger partial charge in [-0.05, 0) is 30.9 Å². The molecule has 1 aliphatic carbocycles. The summed E-state index contributed by atoms with van der Waals surface area (Å²) in [5, 5.41) is 2.69. The number of nitrogens with zero attached hydrogens (tertiary/aromatic N) is 1. The summed E-state index contributed by atoms with van der Waals surface area (Å²) in [6.45, 7) is 9.00. The molecule has 1 N–H and O–H groups in total. The Balaban J connectivity index is 1.61. The topological polar surface area (TPSA) is 49.4 Å². The molecule has 2 unspecified atom stereocenters. The van der Waals surface area contributed by atoms with Crippen LogP contribution >= 0.6 is 11.3 Å². The van der Waals surface area contributed by atoms with Gasteiger partial charge in [-0.15, -0.1) is 11.3 Å². The minimum atomic E-state index is -2.71. The zero-order valence-corrected chi connectivity index (χ0v) is 17.2. The molecule has 27 heavy (non-hydrogen) atoms. The summed E-state index contributed by atoms with van der Waals surface area (Å²) in [7, 11) is 0. The standard InChI is InChI=1S/C20H28F2N2O2S/c1-11(2)17-15-7-13(4)27-16(15)5-6-24(17)19(26)12(3)10-23-18(25)14-8-20(21,22)9-14/h7,11-12,14,17H,5-6,8-10H2,1-4H3,(H,23,25). The number of nitrogens with one attached hydrogen (secondary N) is 1. The molecule has 3 rings (SSSR count). The lowest BCUT2D eigenvalue weighted by Gasteiger charge is -2.40. The van der Waals surface area contributed by atoms with Gasteiger partial charge in [0.25, 0.3) is 0 Å². The largest absolute Gasteiger partial charge is 0.355 e. The summed E-state index contributed by atoms with van der Waals surface area (Å²) < 4.78 is 25.8. The highest BCUT2D eigenvalue weighted by atomic mass is 32.1. The fourth-order valence-corrected chi connectivity index (χ4v) is 5.20. The quantitative estimate of drug-likeness (QED) is 0.817. The van der Waals surface area contributed by atoms with Crippen LogP contribution in [0.3, 0.4) is 0 Å². The normalized spacial score (nSPS) is 22.9. The van der Waals surface area contributed by atoms with E-state index in [0.29, 0.717) is 12.5 Å². The highest BCUT2D eigenvalue weighted by Crippen LogP contribution is 2.42. The van der Waals surface area contributed by atoms with Crippen LogP contribution in [0.2, 0.25) is 0 Å². The second-order valence-electron chi connectivity index (χ2n) is 8.31. The number of thiophene rings is 1. The maximum atomic E-state index is 13.1. The van der Waals surface area contributed by atoms with E-state index in [1.807, 2.05) is 4.90 Å². The SMILES string of the molecule is Cc1cc2c(s1)CCN(C(=O)C(C)CNC(=O)C1CC(F)(F)C1)C2C(C)C. The van der Waals surface area contributed by atoms with Gasteiger partial charge in [0.15, 0.2) is 0 Å². The Kier molecular flexibility index (Phi) is 5.62. The maximum Gasteiger partial charge on any atom is 0.249 e. The number of rotatable bonds is 5. The van der Waals surface area contributed by atoms with Crippen LogP contribution in [0.4, 0.5) is 8.78 Å². The summed E-state index contributed by atoms with van der Waals surface area (Å²) >= 11 is 1.80. The molecule has 2 aliphatic rings. The number of halogens is 2. The van der Waals surface area contributed by atoms with Crippen LogP contribution in [0.25, 0.3) is 0 Å². The molecule has 0 saturated heterocycles. The lowest BCUT2D eigenvalue weighted by Crippen LogP contribution is -2.49. The molecule has 0 radical (unpaired) electrons. The lowest BCUT2D eigenvalue weighted by atomic mass is 9.80. The van der Waals surface area contributed by atoms with Crippen molar-refractivity contribution in [1.29, 1.82) is 0 Å². The summed E-state index contributed by atoms with van der Waals surface area (Å²) in [5.41, 5.74) is 1.25. The van der Waals surface area contributed by atoms with Crippen molar-refractivity contribution in [1.82, 2.24) is 10.2 Å². The Labute approximate surface area is 163 Å². The number of carbonyl (C=O) groups is 2. The molecule has 0 spiro atoms. The molecule has 1 aliphatic heterocycles. The van der Waals surface area contributed by atoms with Crippen LogP contribution in [-0.4, -0.2) is 35.7 Å². The van der Waals surface area contributed by atoms with Gasteiger partial charge in [0.1, 0.15) is 0 Å². The van der Waals surface area contributed by atoms with Gasteiger partial charge in [0.05, 0.1) is 12.0 Å². The van der Waals surface area contributed by atoms with Gasteiger partial charge in [-0.25, -0.2) is 8.78 Å². The van der Waals surface area contributed by atoms with Crippen LogP contribution in [0.5, 0.6) is 0 Å². The Morgan fingerprint density at radius 3 is 2.59 bits per heavy atom. The number of fused-ring (bicyclic) bond motifs is 1. The zero-order valence-electron chi connectivity index (χ0n) is 16.4. The van der Waals surface area contributed by atoms with E-state index in [1.165, 1.54) is 15.3 Å². The minimum absolute atomic E-state index is 0.0162. The molecule has 2 atom stereocenters. The molecule has 1 aromatic rings. The average molecular weight is 399 g/mol. The van der Waals surface area contributed by atoms with Crippen molar-refractivity contribution in [2.45, 2.75) is 58.9 Å². The van der Waals surface area contributed by atoms with E-state index in [4.69, 9.17) is 0 Å². The third-order valence-electron chi connectivity index (χ3n) is 5.58. The van der Waals surface area contributed by atoms with E-state index in [0.717, 1.165) is 6.42 Å². The van der Waals surface area contributed by atoms with Crippen molar-refractivity contribution in [2.75, 3.05) is 13.1 Å². The Morgan fingerprint density at radius 2 is 2.00 bits per heavy atom. The number of amides is 2. The number of aryl methyl sites for hydroxylation is 1. The maximum absolute atomic E-state index is 13.1. The summed E-state index contributed by atoms with van der Waals surface area (Å²) in [5.74, 6) is -3.77. The molecule has 2 heterocycles. The van der Waals surface area contributed by atoms with E-state index in [1.54, 1.807) is 18.3 Å². The van der Waals surface area contributed by atoms with E-state index < -0.39 is 11.8 Å². The molecule has 1 fully saturated rings. The van der Waals surface area contributed by atoms with Crippen LogP contribution in [0.15, 0.2) is 6.07 Å². The number of hydrogen-bond donors (Lipinski definition) is 1. The van der Waals surface area contributed by atoms with Crippen molar-refractivity contribution in [3.8, 4) is 0 Å². The average Bonchev–Trinajstić information content (AvgIpc) is 2.95. The second kappa shape index (κ2) is 7.49. The number of alkyl halides is 2. The molecule has 1 aromatic heterocycles. The van der Waals surface area contributed by atoms with Crippen molar-refractivity contribution in [3.63, 3.8) is 0 Å². The predicted molar refractivity (Wildman–Crippen MR) is 102 cm³/mol. The van der Waals surface area contributed by atoms with Crippen molar-refractivity contribution < 1.29 is 18.4 Å². The van der Waals surface area contributed by atoms with Crippen LogP contribution in [0.1, 0.15) is 55.0 Å². The van der Waals surface area contributed by atoms with Gasteiger partial charge in [-0.2, -0.15) is 0 Å². The first kappa shape index (κ1) is 20.2. The first-order chi connectivity index (χ1) is 12.6. The predicted octanol–water partition coefficient (Wildman–Crippen LogP) is 3.94. The third kappa shape index (κ3) is 4.18. The molecule has 7 heteroatoms. The van der Waals surface area contributed by atoms with Crippen LogP contribution < -0.4 is 5.32 Å². The van der Waals surface area contributed by atoms with E-state index in [-0.39, 0.29) is 43.2 Å². The van der Waals surface area contributed by atoms with Crippen molar-refractivity contribution >= 4 is 23.2 Å². The zero-order chi connectivity index (χ0) is 19.9. The van der Waals surface area contributed by atoms with Gasteiger partial charge in [-0.1, -0.05) is 20.8 Å². The van der Waals surface area contributed by atoms with E-state index >= 15 is 0 Å². The Morgan fingerprint density at radius 1 is 1.33 bits per heavy atom. The molecule has 1 saturated carbocycles. The molecule has 4 nitrogen and oxygen atoms in total. The first-order valence-electron chi connectivity index (χ1n) is 9.64. The first-order valence-corrected chi connectivity index (χ1v) is 10.5. The second-order valence-corrected chi connectivity index (χ2v) is 9.65. The number of carbonyl (C=O) groups excluding carboxylic acids is 2. The monoisotopic (exact) mass is 398 g/mol. The van der Waals surface area contributed by atoms with Crippen molar-refractivity contribution in [3.05, 3.63) is 21.4 Å². The van der Waals surface area contributed by atoms with Crippen LogP contribution in [-0.2, 0) is 16.0 Å². The molecule has 0 aromatic carbocycles. The summed E-state index contributed by atoms with van der Waals surface area (Å²) in [6, 6.07) is 2.24.